The molecule has 22 heavy (non-hydrogen) atoms. The van der Waals surface area contributed by atoms with Gasteiger partial charge >= 0.3 is 0 Å². The Hall–Kier alpha value is -1.54. The van der Waals surface area contributed by atoms with Gasteiger partial charge in [0.2, 0.25) is 0 Å². The van der Waals surface area contributed by atoms with E-state index in [0.717, 1.165) is 21.5 Å². The summed E-state index contributed by atoms with van der Waals surface area (Å²) < 4.78 is 23.0. The van der Waals surface area contributed by atoms with Gasteiger partial charge in [0.15, 0.2) is 9.84 Å². The first-order valence-corrected chi connectivity index (χ1v) is 9.66. The maximum atomic E-state index is 12.5. The van der Waals surface area contributed by atoms with Gasteiger partial charge in [0.05, 0.1) is 16.4 Å². The number of aromatic nitrogens is 2. The second kappa shape index (κ2) is 5.27. The van der Waals surface area contributed by atoms with Crippen molar-refractivity contribution >= 4 is 37.3 Å². The van der Waals surface area contributed by atoms with Crippen LogP contribution in [0.15, 0.2) is 0 Å². The van der Waals surface area contributed by atoms with Gasteiger partial charge in [-0.05, 0) is 32.8 Å². The molecule has 1 fully saturated rings. The standard InChI is InChI=1S/C14H17N3O3S2/c1-7-11-8(2)15-9(3)16-14(11)21-12(7)13(18)17-10-4-5-22(19,20)6-10/h10H,4-6H2,1-3H3,(H,17,18). The molecule has 3 rings (SSSR count). The number of hydrogen-bond donors (Lipinski definition) is 1. The number of sulfone groups is 1. The van der Waals surface area contributed by atoms with Crippen LogP contribution in [0, 0.1) is 20.8 Å². The van der Waals surface area contributed by atoms with Crippen molar-refractivity contribution in [3.63, 3.8) is 0 Å². The van der Waals surface area contributed by atoms with Crippen LogP contribution in [0.25, 0.3) is 10.2 Å². The van der Waals surface area contributed by atoms with E-state index in [1.807, 2.05) is 20.8 Å². The van der Waals surface area contributed by atoms with Crippen LogP contribution < -0.4 is 5.32 Å². The van der Waals surface area contributed by atoms with Gasteiger partial charge in [-0.25, -0.2) is 18.4 Å². The average Bonchev–Trinajstić information content (AvgIpc) is 2.89. The van der Waals surface area contributed by atoms with Crippen molar-refractivity contribution in [3.8, 4) is 0 Å². The van der Waals surface area contributed by atoms with Crippen molar-refractivity contribution < 1.29 is 13.2 Å². The quantitative estimate of drug-likeness (QED) is 0.896. The molecule has 1 atom stereocenters. The minimum Gasteiger partial charge on any atom is -0.348 e. The summed E-state index contributed by atoms with van der Waals surface area (Å²) in [6, 6.07) is -0.295. The van der Waals surface area contributed by atoms with Crippen LogP contribution in [0.4, 0.5) is 0 Å². The predicted molar refractivity (Wildman–Crippen MR) is 86.2 cm³/mol. The lowest BCUT2D eigenvalue weighted by atomic mass is 10.1. The molecular weight excluding hydrogens is 322 g/mol. The number of hydrogen-bond acceptors (Lipinski definition) is 6. The van der Waals surface area contributed by atoms with Crippen LogP contribution in [0.3, 0.4) is 0 Å². The van der Waals surface area contributed by atoms with E-state index in [0.29, 0.717) is 17.1 Å². The highest BCUT2D eigenvalue weighted by Gasteiger charge is 2.30. The van der Waals surface area contributed by atoms with Crippen molar-refractivity contribution in [3.05, 3.63) is 22.0 Å². The lowest BCUT2D eigenvalue weighted by Crippen LogP contribution is -2.35. The van der Waals surface area contributed by atoms with Gasteiger partial charge < -0.3 is 5.32 Å². The molecule has 8 heteroatoms. The second-order valence-corrected chi connectivity index (χ2v) is 8.89. The fraction of sp³-hybridized carbons (Fsp3) is 0.500. The van der Waals surface area contributed by atoms with E-state index in [1.54, 1.807) is 0 Å². The molecule has 0 radical (unpaired) electrons. The van der Waals surface area contributed by atoms with Crippen molar-refractivity contribution in [1.29, 1.82) is 0 Å². The first-order valence-electron chi connectivity index (χ1n) is 7.02. The van der Waals surface area contributed by atoms with Crippen molar-refractivity contribution in [2.75, 3.05) is 11.5 Å². The normalized spacial score (nSPS) is 20.4. The van der Waals surface area contributed by atoms with Gasteiger partial charge in [0, 0.05) is 17.1 Å². The predicted octanol–water partition coefficient (Wildman–Crippen LogP) is 1.53. The summed E-state index contributed by atoms with van der Waals surface area (Å²) in [5.74, 6) is 0.632. The van der Waals surface area contributed by atoms with Gasteiger partial charge in [-0.15, -0.1) is 11.3 Å². The highest BCUT2D eigenvalue weighted by atomic mass is 32.2. The summed E-state index contributed by atoms with van der Waals surface area (Å²) in [7, 11) is -3.00. The second-order valence-electron chi connectivity index (χ2n) is 5.67. The summed E-state index contributed by atoms with van der Waals surface area (Å²) in [6.45, 7) is 5.61. The van der Waals surface area contributed by atoms with E-state index in [2.05, 4.69) is 15.3 Å². The van der Waals surface area contributed by atoms with Crippen LogP contribution >= 0.6 is 11.3 Å². The van der Waals surface area contributed by atoms with Gasteiger partial charge in [-0.3, -0.25) is 4.79 Å². The minimum atomic E-state index is -3.00. The first-order chi connectivity index (χ1) is 10.3. The van der Waals surface area contributed by atoms with Crippen LogP contribution in [-0.4, -0.2) is 41.8 Å². The number of fused-ring (bicyclic) bond motifs is 1. The topological polar surface area (TPSA) is 89.0 Å². The molecule has 0 saturated carbocycles. The van der Waals surface area contributed by atoms with E-state index < -0.39 is 9.84 Å². The summed E-state index contributed by atoms with van der Waals surface area (Å²) in [5, 5.41) is 3.75. The van der Waals surface area contributed by atoms with E-state index in [1.165, 1.54) is 11.3 Å². The first kappa shape index (κ1) is 15.4. The molecule has 6 nitrogen and oxygen atoms in total. The highest BCUT2D eigenvalue weighted by Crippen LogP contribution is 2.31. The zero-order valence-corrected chi connectivity index (χ0v) is 14.3. The minimum absolute atomic E-state index is 0.0284. The molecule has 1 saturated heterocycles. The molecule has 1 aliphatic heterocycles. The SMILES string of the molecule is Cc1nc(C)c2c(C)c(C(=O)NC3CCS(=O)(=O)C3)sc2n1. The van der Waals surface area contributed by atoms with E-state index >= 15 is 0 Å². The van der Waals surface area contributed by atoms with Gasteiger partial charge in [0.25, 0.3) is 5.91 Å². The lowest BCUT2D eigenvalue weighted by molar-refractivity contribution is 0.0945. The van der Waals surface area contributed by atoms with Crippen molar-refractivity contribution in [1.82, 2.24) is 15.3 Å². The fourth-order valence-corrected chi connectivity index (χ4v) is 5.70. The third-order valence-corrected chi connectivity index (χ3v) is 6.81. The van der Waals surface area contributed by atoms with E-state index in [9.17, 15) is 13.2 Å². The molecule has 0 aliphatic carbocycles. The third-order valence-electron chi connectivity index (χ3n) is 3.86. The number of amides is 1. The van der Waals surface area contributed by atoms with Crippen LogP contribution in [-0.2, 0) is 9.84 Å². The summed E-state index contributed by atoms with van der Waals surface area (Å²) in [5.41, 5.74) is 1.72. The Labute approximate surface area is 132 Å². The molecule has 0 spiro atoms. The Balaban J connectivity index is 1.92. The number of carbonyl (C=O) groups excluding carboxylic acids is 1. The molecule has 1 aliphatic rings. The molecule has 2 aromatic rings. The Bertz CT molecular complexity index is 871. The Morgan fingerprint density at radius 3 is 2.64 bits per heavy atom. The molecule has 1 amide bonds. The monoisotopic (exact) mass is 339 g/mol. The summed E-state index contributed by atoms with van der Waals surface area (Å²) >= 11 is 1.33. The van der Waals surface area contributed by atoms with Crippen molar-refractivity contribution in [2.45, 2.75) is 33.2 Å². The zero-order valence-electron chi connectivity index (χ0n) is 12.6. The molecular formula is C14H17N3O3S2. The summed E-state index contributed by atoms with van der Waals surface area (Å²) in [4.78, 5) is 22.6. The maximum absolute atomic E-state index is 12.5. The number of thiophene rings is 1. The molecule has 118 valence electrons. The number of rotatable bonds is 2. The van der Waals surface area contributed by atoms with Gasteiger partial charge in [-0.1, -0.05) is 0 Å². The van der Waals surface area contributed by atoms with E-state index in [4.69, 9.17) is 0 Å². The molecule has 1 N–H and O–H groups in total. The number of nitrogens with one attached hydrogen (secondary N) is 1. The average molecular weight is 339 g/mol. The number of aryl methyl sites for hydroxylation is 3. The lowest BCUT2D eigenvalue weighted by Gasteiger charge is -2.10. The Kier molecular flexibility index (Phi) is 3.68. The molecule has 1 unspecified atom stereocenters. The summed E-state index contributed by atoms with van der Waals surface area (Å²) in [6.07, 6.45) is 0.482. The Morgan fingerprint density at radius 2 is 2.00 bits per heavy atom. The number of nitrogens with zero attached hydrogens (tertiary/aromatic N) is 2. The van der Waals surface area contributed by atoms with Gasteiger partial charge in [-0.2, -0.15) is 0 Å². The van der Waals surface area contributed by atoms with Crippen LogP contribution in [0.5, 0.6) is 0 Å². The largest absolute Gasteiger partial charge is 0.348 e. The number of carbonyl (C=O) groups is 1. The van der Waals surface area contributed by atoms with Crippen LogP contribution in [0.2, 0.25) is 0 Å². The van der Waals surface area contributed by atoms with Crippen molar-refractivity contribution in [2.24, 2.45) is 0 Å². The fourth-order valence-electron chi connectivity index (χ4n) is 2.85. The Morgan fingerprint density at radius 1 is 1.27 bits per heavy atom. The maximum Gasteiger partial charge on any atom is 0.261 e. The van der Waals surface area contributed by atoms with Gasteiger partial charge in [0.1, 0.15) is 10.7 Å². The highest BCUT2D eigenvalue weighted by molar-refractivity contribution is 7.91. The van der Waals surface area contributed by atoms with Crippen LogP contribution in [0.1, 0.15) is 33.2 Å². The molecule has 3 heterocycles. The molecule has 2 aromatic heterocycles. The smallest absolute Gasteiger partial charge is 0.261 e. The molecule has 0 aromatic carbocycles. The molecule has 0 bridgehead atoms. The van der Waals surface area contributed by atoms with E-state index in [-0.39, 0.29) is 23.5 Å². The zero-order chi connectivity index (χ0) is 16.1. The third kappa shape index (κ3) is 2.72.